The van der Waals surface area contributed by atoms with E-state index >= 15 is 0 Å². The third kappa shape index (κ3) is 3.94. The lowest BCUT2D eigenvalue weighted by molar-refractivity contribution is 0.101. The molecule has 0 aliphatic carbocycles. The van der Waals surface area contributed by atoms with Crippen LogP contribution in [0, 0.1) is 12.8 Å². The molecule has 0 unspecified atom stereocenters. The van der Waals surface area contributed by atoms with E-state index in [0.29, 0.717) is 0 Å². The van der Waals surface area contributed by atoms with Crippen LogP contribution in [0.3, 0.4) is 0 Å². The summed E-state index contributed by atoms with van der Waals surface area (Å²) in [5.41, 5.74) is 4.89. The molecular formula is C19H29NO. The van der Waals surface area contributed by atoms with Gasteiger partial charge in [-0.05, 0) is 75.2 Å². The van der Waals surface area contributed by atoms with Gasteiger partial charge in [-0.2, -0.15) is 0 Å². The monoisotopic (exact) mass is 287 g/mol. The molecular weight excluding hydrogens is 258 g/mol. The van der Waals surface area contributed by atoms with Crippen molar-refractivity contribution in [3.63, 3.8) is 0 Å². The van der Waals surface area contributed by atoms with Gasteiger partial charge in [-0.1, -0.05) is 26.0 Å². The number of rotatable bonds is 5. The largest absolute Gasteiger partial charge is 0.303 e. The summed E-state index contributed by atoms with van der Waals surface area (Å²) in [6, 6.07) is 4.19. The average Bonchev–Trinajstić information content (AvgIpc) is 2.47. The lowest BCUT2D eigenvalue weighted by atomic mass is 9.92. The van der Waals surface area contributed by atoms with Crippen LogP contribution in [-0.4, -0.2) is 30.3 Å². The van der Waals surface area contributed by atoms with Crippen LogP contribution in [0.25, 0.3) is 0 Å². The second-order valence-electron chi connectivity index (χ2n) is 6.56. The van der Waals surface area contributed by atoms with Crippen LogP contribution in [0.5, 0.6) is 0 Å². The Hall–Kier alpha value is -1.15. The highest BCUT2D eigenvalue weighted by molar-refractivity contribution is 5.96. The number of nitrogens with zero attached hydrogens (tertiary/aromatic N) is 1. The molecule has 1 fully saturated rings. The molecule has 116 valence electrons. The van der Waals surface area contributed by atoms with Gasteiger partial charge < -0.3 is 4.90 Å². The van der Waals surface area contributed by atoms with E-state index < -0.39 is 0 Å². The molecule has 1 aromatic rings. The van der Waals surface area contributed by atoms with Crippen molar-refractivity contribution in [3.05, 3.63) is 34.4 Å². The number of hydrogen-bond acceptors (Lipinski definition) is 2. The second-order valence-corrected chi connectivity index (χ2v) is 6.56. The Morgan fingerprint density at radius 1 is 1.29 bits per heavy atom. The number of carbonyl (C=O) groups is 1. The summed E-state index contributed by atoms with van der Waals surface area (Å²) < 4.78 is 0. The highest BCUT2D eigenvalue weighted by atomic mass is 16.1. The maximum atomic E-state index is 11.7. The number of Topliss-reactive ketones (excluding diaryl/α,β-unsaturated/α-hetero) is 1. The van der Waals surface area contributed by atoms with Crippen molar-refractivity contribution in [3.8, 4) is 0 Å². The highest BCUT2D eigenvalue weighted by Gasteiger charge is 2.16. The minimum atomic E-state index is 0.187. The van der Waals surface area contributed by atoms with Gasteiger partial charge in [0.1, 0.15) is 0 Å². The van der Waals surface area contributed by atoms with Crippen molar-refractivity contribution in [2.75, 3.05) is 19.6 Å². The topological polar surface area (TPSA) is 20.3 Å². The molecule has 0 radical (unpaired) electrons. The van der Waals surface area contributed by atoms with E-state index in [-0.39, 0.29) is 5.78 Å². The molecule has 1 saturated heterocycles. The maximum Gasteiger partial charge on any atom is 0.160 e. The molecule has 0 amide bonds. The maximum absolute atomic E-state index is 11.7. The van der Waals surface area contributed by atoms with Crippen LogP contribution in [0.4, 0.5) is 0 Å². The summed E-state index contributed by atoms with van der Waals surface area (Å²) in [5, 5.41) is 0. The summed E-state index contributed by atoms with van der Waals surface area (Å²) in [7, 11) is 0. The van der Waals surface area contributed by atoms with E-state index in [0.717, 1.165) is 30.9 Å². The molecule has 2 nitrogen and oxygen atoms in total. The first-order valence-electron chi connectivity index (χ1n) is 8.37. The number of piperidine rings is 1. The molecule has 2 heteroatoms. The summed E-state index contributed by atoms with van der Waals surface area (Å²) in [6.45, 7) is 12.0. The Kier molecular flexibility index (Phi) is 5.58. The van der Waals surface area contributed by atoms with E-state index in [1.165, 1.54) is 42.6 Å². The van der Waals surface area contributed by atoms with E-state index in [4.69, 9.17) is 0 Å². The average molecular weight is 287 g/mol. The van der Waals surface area contributed by atoms with Crippen molar-refractivity contribution in [1.29, 1.82) is 0 Å². The quantitative estimate of drug-likeness (QED) is 0.762. The van der Waals surface area contributed by atoms with E-state index in [1.807, 2.05) is 6.07 Å². The lowest BCUT2D eigenvalue weighted by Gasteiger charge is -2.30. The van der Waals surface area contributed by atoms with Gasteiger partial charge in [0, 0.05) is 12.1 Å². The first-order chi connectivity index (χ1) is 10.0. The number of likely N-dealkylation sites (tertiary alicyclic amines) is 1. The van der Waals surface area contributed by atoms with Crippen molar-refractivity contribution in [1.82, 2.24) is 4.90 Å². The zero-order chi connectivity index (χ0) is 15.4. The van der Waals surface area contributed by atoms with Gasteiger partial charge >= 0.3 is 0 Å². The van der Waals surface area contributed by atoms with Crippen LogP contribution < -0.4 is 0 Å². The third-order valence-corrected chi connectivity index (χ3v) is 5.02. The molecule has 1 aromatic carbocycles. The fourth-order valence-corrected chi connectivity index (χ4v) is 3.43. The fourth-order valence-electron chi connectivity index (χ4n) is 3.43. The predicted molar refractivity (Wildman–Crippen MR) is 89.1 cm³/mol. The Balaban J connectivity index is 2.05. The SMILES string of the molecule is CCc1c(C(C)=O)ccc(CCN2CCC(C)CC2)c1C. The fraction of sp³-hybridized carbons (Fsp3) is 0.632. The molecule has 0 spiro atoms. The lowest BCUT2D eigenvalue weighted by Crippen LogP contribution is -2.34. The van der Waals surface area contributed by atoms with E-state index in [2.05, 4.69) is 31.7 Å². The van der Waals surface area contributed by atoms with Gasteiger partial charge in [-0.25, -0.2) is 0 Å². The minimum Gasteiger partial charge on any atom is -0.303 e. The molecule has 2 rings (SSSR count). The molecule has 0 saturated carbocycles. The molecule has 0 aromatic heterocycles. The first-order valence-corrected chi connectivity index (χ1v) is 8.37. The van der Waals surface area contributed by atoms with Crippen LogP contribution in [0.15, 0.2) is 12.1 Å². The third-order valence-electron chi connectivity index (χ3n) is 5.02. The van der Waals surface area contributed by atoms with Crippen molar-refractivity contribution in [2.24, 2.45) is 5.92 Å². The zero-order valence-corrected chi connectivity index (χ0v) is 14.0. The van der Waals surface area contributed by atoms with Crippen molar-refractivity contribution < 1.29 is 4.79 Å². The normalized spacial score (nSPS) is 17.1. The molecule has 1 heterocycles. The van der Waals surface area contributed by atoms with Crippen LogP contribution in [-0.2, 0) is 12.8 Å². The first kappa shape index (κ1) is 16.2. The van der Waals surface area contributed by atoms with Gasteiger partial charge in [0.2, 0.25) is 0 Å². The van der Waals surface area contributed by atoms with Gasteiger partial charge in [-0.3, -0.25) is 4.79 Å². The van der Waals surface area contributed by atoms with Gasteiger partial charge in [0.25, 0.3) is 0 Å². The zero-order valence-electron chi connectivity index (χ0n) is 14.0. The van der Waals surface area contributed by atoms with Crippen LogP contribution >= 0.6 is 0 Å². The summed E-state index contributed by atoms with van der Waals surface area (Å²) in [4.78, 5) is 14.3. The van der Waals surface area contributed by atoms with Crippen LogP contribution in [0.2, 0.25) is 0 Å². The summed E-state index contributed by atoms with van der Waals surface area (Å²) >= 11 is 0. The highest BCUT2D eigenvalue weighted by Crippen LogP contribution is 2.22. The smallest absolute Gasteiger partial charge is 0.160 e. The standard InChI is InChI=1S/C19H29NO/c1-5-18-15(3)17(6-7-19(18)16(4)21)10-13-20-11-8-14(2)9-12-20/h6-7,14H,5,8-13H2,1-4H3. The summed E-state index contributed by atoms with van der Waals surface area (Å²) in [6.07, 6.45) is 4.71. The molecule has 21 heavy (non-hydrogen) atoms. The van der Waals surface area contributed by atoms with Crippen molar-refractivity contribution in [2.45, 2.75) is 53.4 Å². The Morgan fingerprint density at radius 3 is 2.52 bits per heavy atom. The van der Waals surface area contributed by atoms with Gasteiger partial charge in [0.15, 0.2) is 5.78 Å². The Morgan fingerprint density at radius 2 is 1.95 bits per heavy atom. The Bertz CT molecular complexity index is 499. The second kappa shape index (κ2) is 7.22. The van der Waals surface area contributed by atoms with Crippen LogP contribution in [0.1, 0.15) is 60.7 Å². The van der Waals surface area contributed by atoms with E-state index in [9.17, 15) is 4.79 Å². The number of carbonyl (C=O) groups excluding carboxylic acids is 1. The summed E-state index contributed by atoms with van der Waals surface area (Å²) in [5.74, 6) is 1.08. The minimum absolute atomic E-state index is 0.187. The van der Waals surface area contributed by atoms with E-state index in [1.54, 1.807) is 6.92 Å². The number of ketones is 1. The molecule has 1 aliphatic heterocycles. The predicted octanol–water partition coefficient (Wildman–Crippen LogP) is 4.03. The molecule has 0 atom stereocenters. The van der Waals surface area contributed by atoms with Gasteiger partial charge in [0.05, 0.1) is 0 Å². The molecule has 0 N–H and O–H groups in total. The molecule has 1 aliphatic rings. The van der Waals surface area contributed by atoms with Crippen molar-refractivity contribution >= 4 is 5.78 Å². The number of hydrogen-bond donors (Lipinski definition) is 0. The number of benzene rings is 1. The van der Waals surface area contributed by atoms with Gasteiger partial charge in [-0.15, -0.1) is 0 Å². The Labute approximate surface area is 129 Å². The molecule has 0 bridgehead atoms.